The van der Waals surface area contributed by atoms with E-state index in [2.05, 4.69) is 26.0 Å². The van der Waals surface area contributed by atoms with E-state index < -0.39 is 15.9 Å². The quantitative estimate of drug-likeness (QED) is 0.431. The van der Waals surface area contributed by atoms with E-state index in [9.17, 15) is 13.2 Å². The Bertz CT molecular complexity index is 1180. The second-order valence-corrected chi connectivity index (χ2v) is 9.52. The molecule has 29 heavy (non-hydrogen) atoms. The maximum absolute atomic E-state index is 12.8. The van der Waals surface area contributed by atoms with Crippen LogP contribution in [0.1, 0.15) is 15.9 Å². The van der Waals surface area contributed by atoms with Crippen molar-refractivity contribution in [3.05, 3.63) is 86.3 Å². The fraction of sp³-hybridized carbons (Fsp3) is 0.0500. The number of carbonyl (C=O) groups is 1. The van der Waals surface area contributed by atoms with E-state index >= 15 is 0 Å². The summed E-state index contributed by atoms with van der Waals surface area (Å²) < 4.78 is 28.7. The lowest BCUT2D eigenvalue weighted by Gasteiger charge is -2.12. The SMILES string of the molecule is Cc1ccc(NS(=O)(=O)c2cc(C(=O)Nc3ccc(Br)c(Cl)c3)ccc2Cl)cc1. The lowest BCUT2D eigenvalue weighted by atomic mass is 10.2. The Morgan fingerprint density at radius 2 is 1.55 bits per heavy atom. The molecule has 0 heterocycles. The highest BCUT2D eigenvalue weighted by atomic mass is 79.9. The van der Waals surface area contributed by atoms with E-state index in [1.807, 2.05) is 6.92 Å². The molecule has 0 saturated heterocycles. The molecule has 0 radical (unpaired) electrons. The van der Waals surface area contributed by atoms with Crippen LogP contribution in [-0.2, 0) is 10.0 Å². The fourth-order valence-electron chi connectivity index (χ4n) is 2.46. The highest BCUT2D eigenvalue weighted by molar-refractivity contribution is 9.10. The number of benzene rings is 3. The molecule has 3 rings (SSSR count). The van der Waals surface area contributed by atoms with Gasteiger partial charge in [0, 0.05) is 21.4 Å². The third-order valence-corrected chi connectivity index (χ3v) is 7.06. The zero-order valence-electron chi connectivity index (χ0n) is 15.0. The number of aryl methyl sites for hydroxylation is 1. The molecule has 0 bridgehead atoms. The molecule has 150 valence electrons. The van der Waals surface area contributed by atoms with Crippen molar-refractivity contribution in [3.63, 3.8) is 0 Å². The third-order valence-electron chi connectivity index (χ3n) is 3.96. The van der Waals surface area contributed by atoms with Crippen molar-refractivity contribution in [2.24, 2.45) is 0 Å². The van der Waals surface area contributed by atoms with Crippen molar-refractivity contribution >= 4 is 66.4 Å². The minimum Gasteiger partial charge on any atom is -0.322 e. The van der Waals surface area contributed by atoms with Crippen molar-refractivity contribution in [3.8, 4) is 0 Å². The zero-order chi connectivity index (χ0) is 21.2. The van der Waals surface area contributed by atoms with Gasteiger partial charge in [0.1, 0.15) is 4.90 Å². The van der Waals surface area contributed by atoms with Crippen molar-refractivity contribution in [1.29, 1.82) is 0 Å². The Morgan fingerprint density at radius 1 is 0.897 bits per heavy atom. The second-order valence-electron chi connectivity index (χ2n) is 6.20. The molecule has 3 aromatic rings. The van der Waals surface area contributed by atoms with Crippen molar-refractivity contribution in [1.82, 2.24) is 0 Å². The van der Waals surface area contributed by atoms with Crippen LogP contribution in [0.5, 0.6) is 0 Å². The Hall–Kier alpha value is -2.06. The molecule has 9 heteroatoms. The normalized spacial score (nSPS) is 11.2. The van der Waals surface area contributed by atoms with Crippen molar-refractivity contribution < 1.29 is 13.2 Å². The van der Waals surface area contributed by atoms with E-state index in [1.165, 1.54) is 18.2 Å². The number of rotatable bonds is 5. The molecule has 0 aliphatic heterocycles. The van der Waals surface area contributed by atoms with E-state index in [4.69, 9.17) is 23.2 Å². The number of hydrogen-bond acceptors (Lipinski definition) is 3. The number of sulfonamides is 1. The van der Waals surface area contributed by atoms with Gasteiger partial charge in [0.15, 0.2) is 0 Å². The van der Waals surface area contributed by atoms with Crippen LogP contribution < -0.4 is 10.0 Å². The van der Waals surface area contributed by atoms with Gasteiger partial charge < -0.3 is 5.32 Å². The van der Waals surface area contributed by atoms with Gasteiger partial charge >= 0.3 is 0 Å². The van der Waals surface area contributed by atoms with Gasteiger partial charge in [0.05, 0.1) is 10.0 Å². The molecule has 0 unspecified atom stereocenters. The number of halogens is 3. The molecule has 0 atom stereocenters. The van der Waals surface area contributed by atoms with Gasteiger partial charge in [-0.1, -0.05) is 40.9 Å². The molecule has 0 aromatic heterocycles. The Morgan fingerprint density at radius 3 is 2.21 bits per heavy atom. The molecule has 1 amide bonds. The summed E-state index contributed by atoms with van der Waals surface area (Å²) in [5, 5.41) is 3.12. The van der Waals surface area contributed by atoms with E-state index in [1.54, 1.807) is 42.5 Å². The van der Waals surface area contributed by atoms with Crippen LogP contribution in [0.2, 0.25) is 10.0 Å². The van der Waals surface area contributed by atoms with Crippen LogP contribution in [0.4, 0.5) is 11.4 Å². The average Bonchev–Trinajstić information content (AvgIpc) is 2.66. The van der Waals surface area contributed by atoms with Crippen LogP contribution in [0.15, 0.2) is 70.0 Å². The summed E-state index contributed by atoms with van der Waals surface area (Å²) in [5.74, 6) is -0.494. The van der Waals surface area contributed by atoms with Gasteiger partial charge in [-0.2, -0.15) is 0 Å². The predicted octanol–water partition coefficient (Wildman–Crippen LogP) is 6.12. The maximum Gasteiger partial charge on any atom is 0.263 e. The molecule has 0 aliphatic rings. The largest absolute Gasteiger partial charge is 0.322 e. The molecule has 2 N–H and O–H groups in total. The standard InChI is InChI=1S/C20H15BrCl2N2O3S/c1-12-2-5-14(6-3-12)25-29(27,28)19-10-13(4-9-17(19)22)20(26)24-15-7-8-16(21)18(23)11-15/h2-11,25H,1H3,(H,24,26). The molecule has 5 nitrogen and oxygen atoms in total. The lowest BCUT2D eigenvalue weighted by molar-refractivity contribution is 0.102. The summed E-state index contributed by atoms with van der Waals surface area (Å²) in [4.78, 5) is 12.4. The van der Waals surface area contributed by atoms with Gasteiger partial charge in [-0.05, 0) is 71.4 Å². The first kappa shape index (κ1) is 21.6. The average molecular weight is 514 g/mol. The van der Waals surface area contributed by atoms with E-state index in [0.717, 1.165) is 5.56 Å². The lowest BCUT2D eigenvalue weighted by Crippen LogP contribution is -2.16. The highest BCUT2D eigenvalue weighted by Gasteiger charge is 2.20. The van der Waals surface area contributed by atoms with Crippen LogP contribution >= 0.6 is 39.1 Å². The number of anilines is 2. The minimum absolute atomic E-state index is 0.00727. The van der Waals surface area contributed by atoms with Crippen LogP contribution in [0.3, 0.4) is 0 Å². The first-order valence-electron chi connectivity index (χ1n) is 8.31. The number of amides is 1. The number of nitrogens with one attached hydrogen (secondary N) is 2. The Kier molecular flexibility index (Phi) is 6.53. The summed E-state index contributed by atoms with van der Waals surface area (Å²) in [6.45, 7) is 1.90. The summed E-state index contributed by atoms with van der Waals surface area (Å²) in [5.41, 5.74) is 2.00. The van der Waals surface area contributed by atoms with Gasteiger partial charge in [-0.15, -0.1) is 0 Å². The highest BCUT2D eigenvalue weighted by Crippen LogP contribution is 2.28. The minimum atomic E-state index is -3.99. The zero-order valence-corrected chi connectivity index (χ0v) is 19.0. The molecular formula is C20H15BrCl2N2O3S. The van der Waals surface area contributed by atoms with Crippen molar-refractivity contribution in [2.75, 3.05) is 10.0 Å². The van der Waals surface area contributed by atoms with Crippen LogP contribution in [0.25, 0.3) is 0 Å². The fourth-order valence-corrected chi connectivity index (χ4v) is 4.47. The summed E-state index contributed by atoms with van der Waals surface area (Å²) in [7, 11) is -3.99. The van der Waals surface area contributed by atoms with E-state index in [0.29, 0.717) is 20.9 Å². The first-order valence-corrected chi connectivity index (χ1v) is 11.3. The van der Waals surface area contributed by atoms with Crippen LogP contribution in [0, 0.1) is 6.92 Å². The van der Waals surface area contributed by atoms with Gasteiger partial charge in [0.25, 0.3) is 15.9 Å². The number of carbonyl (C=O) groups excluding carboxylic acids is 1. The third kappa shape index (κ3) is 5.30. The van der Waals surface area contributed by atoms with E-state index in [-0.39, 0.29) is 15.5 Å². The summed E-state index contributed by atoms with van der Waals surface area (Å²) in [6, 6.07) is 15.9. The van der Waals surface area contributed by atoms with Crippen LogP contribution in [-0.4, -0.2) is 14.3 Å². The maximum atomic E-state index is 12.8. The monoisotopic (exact) mass is 512 g/mol. The second kappa shape index (κ2) is 8.75. The number of hydrogen-bond donors (Lipinski definition) is 2. The smallest absolute Gasteiger partial charge is 0.263 e. The molecule has 0 spiro atoms. The molecule has 0 fully saturated rings. The molecule has 0 saturated carbocycles. The molecular weight excluding hydrogens is 499 g/mol. The summed E-state index contributed by atoms with van der Waals surface area (Å²) in [6.07, 6.45) is 0. The molecule has 3 aromatic carbocycles. The Labute approximate surface area is 187 Å². The first-order chi connectivity index (χ1) is 13.7. The van der Waals surface area contributed by atoms with Gasteiger partial charge in [0.2, 0.25) is 0 Å². The van der Waals surface area contributed by atoms with Gasteiger partial charge in [-0.3, -0.25) is 9.52 Å². The van der Waals surface area contributed by atoms with Gasteiger partial charge in [-0.25, -0.2) is 8.42 Å². The summed E-state index contributed by atoms with van der Waals surface area (Å²) >= 11 is 15.4. The Balaban J connectivity index is 1.87. The van der Waals surface area contributed by atoms with Crippen molar-refractivity contribution in [2.45, 2.75) is 11.8 Å². The predicted molar refractivity (Wildman–Crippen MR) is 121 cm³/mol. The topological polar surface area (TPSA) is 75.3 Å². The molecule has 0 aliphatic carbocycles.